The lowest BCUT2D eigenvalue weighted by atomic mass is 10.5. The predicted octanol–water partition coefficient (Wildman–Crippen LogP) is -0.112. The average molecular weight is 205 g/mol. The van der Waals surface area contributed by atoms with Gasteiger partial charge in [-0.15, -0.1) is 0 Å². The Hall–Kier alpha value is -0.740. The highest BCUT2D eigenvalue weighted by molar-refractivity contribution is 6.28. The summed E-state index contributed by atoms with van der Waals surface area (Å²) in [4.78, 5) is 12.6. The third-order valence-corrected chi connectivity index (χ3v) is 2.16. The molecule has 1 aliphatic heterocycles. The number of imidazole rings is 1. The van der Waals surface area contributed by atoms with Gasteiger partial charge in [0.15, 0.2) is 11.1 Å². The summed E-state index contributed by atoms with van der Waals surface area (Å²) in [7, 11) is 1.83. The monoisotopic (exact) mass is 204 g/mol. The van der Waals surface area contributed by atoms with E-state index in [-0.39, 0.29) is 0 Å². The quantitative estimate of drug-likeness (QED) is 0.474. The Morgan fingerprint density at radius 1 is 1.67 bits per heavy atom. The number of aromatic amines is 1. The SMILES string of the molecule is CN1C=c2[nH]c(Cl)nc2=NC1Cl. The molecule has 4 nitrogen and oxygen atoms in total. The summed E-state index contributed by atoms with van der Waals surface area (Å²) < 4.78 is 0. The van der Waals surface area contributed by atoms with E-state index in [9.17, 15) is 0 Å². The van der Waals surface area contributed by atoms with Crippen molar-refractivity contribution in [2.24, 2.45) is 4.99 Å². The number of nitrogens with one attached hydrogen (secondary N) is 1. The zero-order valence-corrected chi connectivity index (χ0v) is 7.76. The van der Waals surface area contributed by atoms with Crippen LogP contribution >= 0.6 is 23.2 Å². The first-order chi connectivity index (χ1) is 5.66. The maximum absolute atomic E-state index is 5.84. The molecule has 2 rings (SSSR count). The van der Waals surface area contributed by atoms with Crippen molar-refractivity contribution >= 4 is 29.4 Å². The van der Waals surface area contributed by atoms with Gasteiger partial charge in [0, 0.05) is 13.2 Å². The number of H-pyrrole nitrogens is 1. The van der Waals surface area contributed by atoms with Crippen LogP contribution in [0, 0.1) is 0 Å². The van der Waals surface area contributed by atoms with Crippen LogP contribution in [0.25, 0.3) is 6.20 Å². The van der Waals surface area contributed by atoms with Crippen molar-refractivity contribution in [2.75, 3.05) is 7.05 Å². The molecule has 64 valence electrons. The van der Waals surface area contributed by atoms with Crippen molar-refractivity contribution in [1.82, 2.24) is 14.9 Å². The Bertz CT molecular complexity index is 372. The van der Waals surface area contributed by atoms with E-state index in [0.717, 1.165) is 5.35 Å². The number of hydrogen-bond donors (Lipinski definition) is 1. The van der Waals surface area contributed by atoms with E-state index in [1.54, 1.807) is 4.90 Å². The van der Waals surface area contributed by atoms with E-state index >= 15 is 0 Å². The topological polar surface area (TPSA) is 44.3 Å². The number of aromatic nitrogens is 2. The minimum absolute atomic E-state index is 0.333. The highest BCUT2D eigenvalue weighted by Crippen LogP contribution is 2.04. The van der Waals surface area contributed by atoms with E-state index in [1.165, 1.54) is 0 Å². The minimum atomic E-state index is -0.392. The Morgan fingerprint density at radius 3 is 3.17 bits per heavy atom. The van der Waals surface area contributed by atoms with E-state index in [4.69, 9.17) is 23.2 Å². The molecule has 0 fully saturated rings. The lowest BCUT2D eigenvalue weighted by Crippen LogP contribution is -2.37. The van der Waals surface area contributed by atoms with Crippen LogP contribution in [0.4, 0.5) is 0 Å². The van der Waals surface area contributed by atoms with Crippen molar-refractivity contribution in [3.8, 4) is 0 Å². The summed E-state index contributed by atoms with van der Waals surface area (Å²) in [6, 6.07) is 0. The third kappa shape index (κ3) is 1.17. The lowest BCUT2D eigenvalue weighted by Gasteiger charge is -2.17. The summed E-state index contributed by atoms with van der Waals surface area (Å²) in [5.74, 6) is 0. The number of alkyl halides is 1. The normalized spacial score (nSPS) is 21.2. The standard InChI is InChI=1S/C6H6Cl2N4/c1-12-2-3-4(11-6(12)8)10-5(7)9-3/h2,6H,1H3,(H,9,10,11). The number of hydrogen-bond acceptors (Lipinski definition) is 3. The first-order valence-electron chi connectivity index (χ1n) is 3.34. The summed E-state index contributed by atoms with van der Waals surface area (Å²) >= 11 is 11.5. The molecule has 1 N–H and O–H groups in total. The van der Waals surface area contributed by atoms with Crippen LogP contribution in [0.1, 0.15) is 0 Å². The Kier molecular flexibility index (Phi) is 1.73. The zero-order valence-electron chi connectivity index (χ0n) is 6.25. The van der Waals surface area contributed by atoms with Crippen LogP contribution in [0.2, 0.25) is 5.28 Å². The van der Waals surface area contributed by atoms with Crippen LogP contribution in [-0.2, 0) is 0 Å². The fourth-order valence-electron chi connectivity index (χ4n) is 0.994. The highest BCUT2D eigenvalue weighted by atomic mass is 35.5. The molecule has 12 heavy (non-hydrogen) atoms. The molecule has 0 bridgehead atoms. The molecular weight excluding hydrogens is 199 g/mol. The second-order valence-corrected chi connectivity index (χ2v) is 3.25. The number of rotatable bonds is 0. The van der Waals surface area contributed by atoms with Gasteiger partial charge in [0.25, 0.3) is 0 Å². The van der Waals surface area contributed by atoms with Crippen molar-refractivity contribution < 1.29 is 0 Å². The fourth-order valence-corrected chi connectivity index (χ4v) is 1.32. The van der Waals surface area contributed by atoms with Crippen molar-refractivity contribution in [1.29, 1.82) is 0 Å². The molecule has 0 amide bonds. The number of nitrogens with zero attached hydrogens (tertiary/aromatic N) is 3. The van der Waals surface area contributed by atoms with Gasteiger partial charge < -0.3 is 9.88 Å². The first-order valence-corrected chi connectivity index (χ1v) is 4.15. The first kappa shape index (κ1) is 7.89. The number of halogens is 2. The van der Waals surface area contributed by atoms with Gasteiger partial charge in [-0.3, -0.25) is 0 Å². The number of fused-ring (bicyclic) bond motifs is 1. The predicted molar refractivity (Wildman–Crippen MR) is 46.2 cm³/mol. The van der Waals surface area contributed by atoms with Gasteiger partial charge in [0.2, 0.25) is 5.28 Å². The summed E-state index contributed by atoms with van der Waals surface area (Å²) in [6.45, 7) is 0. The van der Waals surface area contributed by atoms with Crippen LogP contribution in [-0.4, -0.2) is 27.5 Å². The Labute approximate surface area is 78.5 Å². The molecule has 6 heteroatoms. The summed E-state index contributed by atoms with van der Waals surface area (Å²) in [5.41, 5.74) is 0.176. The molecule has 0 spiro atoms. The molecule has 1 aromatic rings. The largest absolute Gasteiger partial charge is 0.345 e. The van der Waals surface area contributed by atoms with Crippen molar-refractivity contribution in [3.05, 3.63) is 16.1 Å². The van der Waals surface area contributed by atoms with E-state index in [2.05, 4.69) is 15.0 Å². The van der Waals surface area contributed by atoms with Crippen LogP contribution in [0.3, 0.4) is 0 Å². The Balaban J connectivity index is 2.69. The van der Waals surface area contributed by atoms with Crippen LogP contribution in [0.15, 0.2) is 4.99 Å². The zero-order chi connectivity index (χ0) is 8.72. The van der Waals surface area contributed by atoms with E-state index in [1.807, 2.05) is 13.2 Å². The van der Waals surface area contributed by atoms with Gasteiger partial charge in [0.1, 0.15) is 5.35 Å². The molecule has 0 saturated carbocycles. The Morgan fingerprint density at radius 2 is 2.42 bits per heavy atom. The molecule has 1 atom stereocenters. The molecule has 1 aliphatic rings. The molecule has 1 aromatic heterocycles. The van der Waals surface area contributed by atoms with Crippen LogP contribution in [0.5, 0.6) is 0 Å². The molecule has 0 aromatic carbocycles. The molecule has 2 heterocycles. The van der Waals surface area contributed by atoms with Gasteiger partial charge in [0.05, 0.1) is 0 Å². The molecule has 0 aliphatic carbocycles. The van der Waals surface area contributed by atoms with E-state index in [0.29, 0.717) is 10.8 Å². The molecular formula is C6H6Cl2N4. The molecule has 0 saturated heterocycles. The minimum Gasteiger partial charge on any atom is -0.345 e. The van der Waals surface area contributed by atoms with E-state index < -0.39 is 5.62 Å². The van der Waals surface area contributed by atoms with Gasteiger partial charge in [-0.05, 0) is 11.6 Å². The van der Waals surface area contributed by atoms with Gasteiger partial charge >= 0.3 is 0 Å². The van der Waals surface area contributed by atoms with Crippen molar-refractivity contribution in [3.63, 3.8) is 0 Å². The highest BCUT2D eigenvalue weighted by Gasteiger charge is 2.11. The third-order valence-electron chi connectivity index (χ3n) is 1.58. The average Bonchev–Trinajstić information content (AvgIpc) is 2.30. The second-order valence-electron chi connectivity index (χ2n) is 2.50. The van der Waals surface area contributed by atoms with Gasteiger partial charge in [-0.25, -0.2) is 4.99 Å². The van der Waals surface area contributed by atoms with Gasteiger partial charge in [-0.1, -0.05) is 11.6 Å². The fraction of sp³-hybridized carbons (Fsp3) is 0.333. The van der Waals surface area contributed by atoms with Gasteiger partial charge in [-0.2, -0.15) is 4.98 Å². The maximum atomic E-state index is 5.84. The summed E-state index contributed by atoms with van der Waals surface area (Å²) in [6.07, 6.45) is 1.82. The molecule has 0 radical (unpaired) electrons. The smallest absolute Gasteiger partial charge is 0.202 e. The van der Waals surface area contributed by atoms with Crippen molar-refractivity contribution in [2.45, 2.75) is 5.62 Å². The molecule has 1 unspecified atom stereocenters. The maximum Gasteiger partial charge on any atom is 0.202 e. The lowest BCUT2D eigenvalue weighted by molar-refractivity contribution is 0.451. The summed E-state index contributed by atoms with van der Waals surface area (Å²) in [5, 5.41) is 1.12. The van der Waals surface area contributed by atoms with Crippen LogP contribution < -0.4 is 10.8 Å². The second kappa shape index (κ2) is 2.64.